The van der Waals surface area contributed by atoms with Gasteiger partial charge in [-0.2, -0.15) is 5.10 Å². The summed E-state index contributed by atoms with van der Waals surface area (Å²) in [5.41, 5.74) is 2.74. The number of aromatic nitrogens is 3. The molecule has 7 nitrogen and oxygen atoms in total. The van der Waals surface area contributed by atoms with E-state index in [0.717, 1.165) is 23.1 Å². The minimum atomic E-state index is -2.87. The average Bonchev–Trinajstić information content (AvgIpc) is 3.32. The van der Waals surface area contributed by atoms with E-state index in [1.807, 2.05) is 29.2 Å². The molecular formula is C25H27N3O4P+. The second kappa shape index (κ2) is 11.6. The molecule has 0 amide bonds. The number of hydrogen-bond acceptors (Lipinski definition) is 4. The molecule has 1 atom stereocenters. The number of ether oxygens (including phenoxy) is 1. The lowest BCUT2D eigenvalue weighted by Crippen LogP contribution is -2.38. The van der Waals surface area contributed by atoms with Crippen molar-refractivity contribution in [1.82, 2.24) is 14.8 Å². The van der Waals surface area contributed by atoms with Gasteiger partial charge < -0.3 is 4.74 Å². The molecule has 3 aromatic carbocycles. The highest BCUT2D eigenvalue weighted by atomic mass is 31.1. The summed E-state index contributed by atoms with van der Waals surface area (Å²) in [5, 5.41) is 4.93. The monoisotopic (exact) mass is 464 g/mol. The predicted octanol–water partition coefficient (Wildman–Crippen LogP) is 4.84. The quantitative estimate of drug-likeness (QED) is 0.300. The molecule has 0 saturated carbocycles. The van der Waals surface area contributed by atoms with Crippen molar-refractivity contribution < 1.29 is 19.1 Å². The standard InChI is InChI=1S/C25H25N3O.HO3P/c1-3-23(29-2)24-26-19-28(27-24)25(20-13-7-4-8-14-20,21-15-9-5-10-16-21)22-17-11-6-12-18-22;1-4(2)3/h4-19,23H,3H2,1-2H3;(H-,1,2,3)/p+1. The van der Waals surface area contributed by atoms with Gasteiger partial charge in [-0.05, 0) is 23.1 Å². The zero-order valence-electron chi connectivity index (χ0n) is 18.5. The molecule has 0 radical (unpaired) electrons. The van der Waals surface area contributed by atoms with Gasteiger partial charge in [-0.15, -0.1) is 9.79 Å². The van der Waals surface area contributed by atoms with Crippen molar-refractivity contribution in [2.24, 2.45) is 0 Å². The summed E-state index contributed by atoms with van der Waals surface area (Å²) in [6.45, 7) is 2.08. The van der Waals surface area contributed by atoms with Crippen molar-refractivity contribution in [3.63, 3.8) is 0 Å². The van der Waals surface area contributed by atoms with Crippen LogP contribution < -0.4 is 0 Å². The Hall–Kier alpha value is -3.22. The lowest BCUT2D eigenvalue weighted by atomic mass is 9.77. The van der Waals surface area contributed by atoms with Crippen LogP contribution in [0.25, 0.3) is 0 Å². The number of rotatable bonds is 7. The van der Waals surface area contributed by atoms with Crippen LogP contribution in [0.3, 0.4) is 0 Å². The van der Waals surface area contributed by atoms with Crippen molar-refractivity contribution >= 4 is 8.25 Å². The Morgan fingerprint density at radius 1 is 0.879 bits per heavy atom. The van der Waals surface area contributed by atoms with Gasteiger partial charge in [-0.1, -0.05) is 97.9 Å². The van der Waals surface area contributed by atoms with Gasteiger partial charge in [-0.3, -0.25) is 0 Å². The van der Waals surface area contributed by atoms with E-state index in [4.69, 9.17) is 24.2 Å². The van der Waals surface area contributed by atoms with E-state index in [2.05, 4.69) is 84.7 Å². The first-order chi connectivity index (χ1) is 16.0. The highest BCUT2D eigenvalue weighted by Gasteiger charge is 2.39. The van der Waals surface area contributed by atoms with Crippen LogP contribution in [-0.2, 0) is 14.8 Å². The maximum Gasteiger partial charge on any atom is 0.692 e. The number of nitrogens with zero attached hydrogens (tertiary/aromatic N) is 3. The van der Waals surface area contributed by atoms with Crippen LogP contribution in [0.15, 0.2) is 97.3 Å². The van der Waals surface area contributed by atoms with Crippen molar-refractivity contribution in [3.8, 4) is 0 Å². The summed E-state index contributed by atoms with van der Waals surface area (Å²) in [5.74, 6) is 0.696. The molecule has 2 N–H and O–H groups in total. The van der Waals surface area contributed by atoms with E-state index in [1.165, 1.54) is 0 Å². The van der Waals surface area contributed by atoms with E-state index in [0.29, 0.717) is 5.82 Å². The van der Waals surface area contributed by atoms with Gasteiger partial charge in [0.05, 0.1) is 0 Å². The fourth-order valence-electron chi connectivity index (χ4n) is 3.97. The zero-order chi connectivity index (χ0) is 23.7. The van der Waals surface area contributed by atoms with E-state index >= 15 is 0 Å². The fourth-order valence-corrected chi connectivity index (χ4v) is 3.97. The summed E-state index contributed by atoms with van der Waals surface area (Å²) in [6.07, 6.45) is 2.51. The number of benzene rings is 3. The Labute approximate surface area is 194 Å². The second-order valence-corrected chi connectivity index (χ2v) is 7.75. The molecule has 8 heteroatoms. The molecule has 1 unspecified atom stereocenters. The topological polar surface area (TPSA) is 97.5 Å². The van der Waals surface area contributed by atoms with Crippen LogP contribution in [0.2, 0.25) is 0 Å². The summed E-state index contributed by atoms with van der Waals surface area (Å²) >= 11 is 0. The van der Waals surface area contributed by atoms with Gasteiger partial charge in [0.15, 0.2) is 5.82 Å². The molecule has 1 aromatic heterocycles. The Bertz CT molecular complexity index is 1030. The van der Waals surface area contributed by atoms with Gasteiger partial charge in [0.1, 0.15) is 18.0 Å². The highest BCUT2D eigenvalue weighted by molar-refractivity contribution is 7.30. The van der Waals surface area contributed by atoms with Gasteiger partial charge >= 0.3 is 8.25 Å². The normalized spacial score (nSPS) is 11.9. The molecule has 0 fully saturated rings. The maximum absolute atomic E-state index is 8.70. The maximum atomic E-state index is 8.70. The smallest absolute Gasteiger partial charge is 0.373 e. The Morgan fingerprint density at radius 2 is 1.27 bits per heavy atom. The van der Waals surface area contributed by atoms with E-state index in [9.17, 15) is 0 Å². The summed E-state index contributed by atoms with van der Waals surface area (Å²) in [4.78, 5) is 18.9. The van der Waals surface area contributed by atoms with Gasteiger partial charge in [0.2, 0.25) is 0 Å². The first-order valence-electron chi connectivity index (χ1n) is 10.5. The average molecular weight is 464 g/mol. The van der Waals surface area contributed by atoms with Crippen molar-refractivity contribution in [2.75, 3.05) is 7.11 Å². The molecule has 0 bridgehead atoms. The third-order valence-corrected chi connectivity index (χ3v) is 5.37. The van der Waals surface area contributed by atoms with E-state index in [1.54, 1.807) is 7.11 Å². The lowest BCUT2D eigenvalue weighted by molar-refractivity contribution is 0.0921. The second-order valence-electron chi connectivity index (χ2n) is 7.24. The Morgan fingerprint density at radius 3 is 1.61 bits per heavy atom. The van der Waals surface area contributed by atoms with Gasteiger partial charge in [0.25, 0.3) is 0 Å². The SMILES string of the molecule is CCC(OC)c1ncn(C(c2ccccc2)(c2ccccc2)c2ccccc2)n1.O=[P+](O)O. The molecular weight excluding hydrogens is 437 g/mol. The Kier molecular flexibility index (Phi) is 8.58. The van der Waals surface area contributed by atoms with Gasteiger partial charge in [0, 0.05) is 11.7 Å². The van der Waals surface area contributed by atoms with Crippen LogP contribution in [0, 0.1) is 0 Å². The molecule has 0 saturated heterocycles. The third kappa shape index (κ3) is 5.41. The fraction of sp³-hybridized carbons (Fsp3) is 0.200. The minimum Gasteiger partial charge on any atom is -0.373 e. The molecule has 0 aliphatic rings. The van der Waals surface area contributed by atoms with Crippen molar-refractivity contribution in [2.45, 2.75) is 25.0 Å². The molecule has 33 heavy (non-hydrogen) atoms. The highest BCUT2D eigenvalue weighted by Crippen LogP contribution is 2.40. The Balaban J connectivity index is 0.000000709. The lowest BCUT2D eigenvalue weighted by Gasteiger charge is -2.35. The summed E-state index contributed by atoms with van der Waals surface area (Å²) < 4.78 is 16.3. The van der Waals surface area contributed by atoms with Crippen LogP contribution >= 0.6 is 8.25 Å². The van der Waals surface area contributed by atoms with Gasteiger partial charge in [-0.25, -0.2) is 9.67 Å². The first-order valence-corrected chi connectivity index (χ1v) is 11.7. The van der Waals surface area contributed by atoms with E-state index in [-0.39, 0.29) is 6.10 Å². The van der Waals surface area contributed by atoms with Crippen LogP contribution in [0.1, 0.15) is 42.0 Å². The molecule has 0 spiro atoms. The minimum absolute atomic E-state index is 0.128. The summed E-state index contributed by atoms with van der Waals surface area (Å²) in [6, 6.07) is 31.4. The third-order valence-electron chi connectivity index (χ3n) is 5.37. The predicted molar refractivity (Wildman–Crippen MR) is 127 cm³/mol. The van der Waals surface area contributed by atoms with E-state index < -0.39 is 13.8 Å². The zero-order valence-corrected chi connectivity index (χ0v) is 19.4. The molecule has 4 rings (SSSR count). The number of methoxy groups -OCH3 is 1. The van der Waals surface area contributed by atoms with Crippen molar-refractivity contribution in [1.29, 1.82) is 0 Å². The number of hydrogen-bond donors (Lipinski definition) is 2. The van der Waals surface area contributed by atoms with Crippen LogP contribution in [-0.4, -0.2) is 31.7 Å². The van der Waals surface area contributed by atoms with Crippen molar-refractivity contribution in [3.05, 3.63) is 120 Å². The van der Waals surface area contributed by atoms with Crippen LogP contribution in [0.5, 0.6) is 0 Å². The molecule has 0 aliphatic carbocycles. The molecule has 170 valence electrons. The summed E-state index contributed by atoms with van der Waals surface area (Å²) in [7, 11) is -1.17. The molecule has 1 heterocycles. The largest absolute Gasteiger partial charge is 0.692 e. The molecule has 0 aliphatic heterocycles. The van der Waals surface area contributed by atoms with Crippen LogP contribution in [0.4, 0.5) is 0 Å². The first kappa shape index (κ1) is 24.4. The molecule has 4 aromatic rings.